The van der Waals surface area contributed by atoms with E-state index in [-0.39, 0.29) is 0 Å². The zero-order valence-electron chi connectivity index (χ0n) is 10.4. The Morgan fingerprint density at radius 1 is 1.00 bits per heavy atom. The third-order valence-corrected chi connectivity index (χ3v) is 4.75. The maximum absolute atomic E-state index is 5.94. The van der Waals surface area contributed by atoms with Crippen LogP contribution in [0, 0.1) is 15.4 Å². The Morgan fingerprint density at radius 3 is 2.29 bits per heavy atom. The van der Waals surface area contributed by atoms with Gasteiger partial charge in [0.15, 0.2) is 0 Å². The molecule has 1 saturated carbocycles. The van der Waals surface area contributed by atoms with Gasteiger partial charge >= 0.3 is 0 Å². The van der Waals surface area contributed by atoms with E-state index in [1.165, 1.54) is 47.7 Å². The van der Waals surface area contributed by atoms with Crippen molar-refractivity contribution in [2.24, 2.45) is 17.6 Å². The van der Waals surface area contributed by atoms with E-state index in [1.54, 1.807) is 0 Å². The van der Waals surface area contributed by atoms with Crippen molar-refractivity contribution in [2.75, 3.05) is 6.54 Å². The summed E-state index contributed by atoms with van der Waals surface area (Å²) >= 11 is 2.36. The molecule has 94 valence electrons. The van der Waals surface area contributed by atoms with Gasteiger partial charge in [-0.05, 0) is 77.9 Å². The van der Waals surface area contributed by atoms with Gasteiger partial charge in [0.2, 0.25) is 0 Å². The minimum Gasteiger partial charge on any atom is -0.330 e. The maximum atomic E-state index is 5.94. The predicted molar refractivity (Wildman–Crippen MR) is 82.0 cm³/mol. The third kappa shape index (κ3) is 3.95. The predicted octanol–water partition coefficient (Wildman–Crippen LogP) is 3.99. The van der Waals surface area contributed by atoms with Crippen molar-refractivity contribution in [2.45, 2.75) is 38.5 Å². The standard InChI is InChI=1S/C15H22IN/c16-15-8-6-12(7-9-15)10-13-4-2-1-3-5-14(13)11-17/h6-9,13-14H,1-5,10-11,17H2. The molecule has 2 heteroatoms. The fourth-order valence-corrected chi connectivity index (χ4v) is 3.32. The van der Waals surface area contributed by atoms with Crippen LogP contribution in [-0.2, 0) is 6.42 Å². The monoisotopic (exact) mass is 343 g/mol. The Bertz CT molecular complexity index is 333. The van der Waals surface area contributed by atoms with Gasteiger partial charge in [0.25, 0.3) is 0 Å². The van der Waals surface area contributed by atoms with E-state index in [9.17, 15) is 0 Å². The SMILES string of the molecule is NCC1CCCCCC1Cc1ccc(I)cc1. The second-order valence-corrected chi connectivity index (χ2v) is 6.47. The Balaban J connectivity index is 2.01. The minimum absolute atomic E-state index is 0.747. The minimum atomic E-state index is 0.747. The Labute approximate surface area is 118 Å². The molecule has 2 atom stereocenters. The highest BCUT2D eigenvalue weighted by Crippen LogP contribution is 2.30. The molecule has 2 N–H and O–H groups in total. The summed E-state index contributed by atoms with van der Waals surface area (Å²) in [6.07, 6.45) is 8.11. The fourth-order valence-electron chi connectivity index (χ4n) is 2.96. The lowest BCUT2D eigenvalue weighted by molar-refractivity contribution is 0.318. The first-order valence-electron chi connectivity index (χ1n) is 6.74. The van der Waals surface area contributed by atoms with Gasteiger partial charge in [-0.25, -0.2) is 0 Å². The van der Waals surface area contributed by atoms with Crippen LogP contribution in [0.4, 0.5) is 0 Å². The first-order valence-corrected chi connectivity index (χ1v) is 7.82. The molecule has 2 rings (SSSR count). The van der Waals surface area contributed by atoms with Crippen LogP contribution in [0.2, 0.25) is 0 Å². The smallest absolute Gasteiger partial charge is 0.0130 e. The lowest BCUT2D eigenvalue weighted by atomic mass is 9.83. The van der Waals surface area contributed by atoms with Crippen molar-refractivity contribution in [1.29, 1.82) is 0 Å². The number of nitrogens with two attached hydrogens (primary N) is 1. The van der Waals surface area contributed by atoms with Crippen molar-refractivity contribution in [3.05, 3.63) is 33.4 Å². The summed E-state index contributed by atoms with van der Waals surface area (Å²) < 4.78 is 1.32. The number of rotatable bonds is 3. The van der Waals surface area contributed by atoms with Gasteiger partial charge in [0.05, 0.1) is 0 Å². The average Bonchev–Trinajstić information content (AvgIpc) is 2.57. The van der Waals surface area contributed by atoms with Crippen LogP contribution in [0.1, 0.15) is 37.7 Å². The summed E-state index contributed by atoms with van der Waals surface area (Å²) in [6, 6.07) is 8.98. The normalized spacial score (nSPS) is 25.5. The molecule has 1 fully saturated rings. The molecule has 0 radical (unpaired) electrons. The zero-order valence-corrected chi connectivity index (χ0v) is 12.5. The van der Waals surface area contributed by atoms with Crippen molar-refractivity contribution >= 4 is 22.6 Å². The van der Waals surface area contributed by atoms with Crippen molar-refractivity contribution in [3.63, 3.8) is 0 Å². The molecule has 1 aliphatic rings. The van der Waals surface area contributed by atoms with E-state index in [4.69, 9.17) is 5.73 Å². The molecule has 0 heterocycles. The Kier molecular flexibility index (Phi) is 5.29. The lowest BCUT2D eigenvalue weighted by Crippen LogP contribution is -2.24. The van der Waals surface area contributed by atoms with Gasteiger partial charge in [0.1, 0.15) is 0 Å². The molecule has 0 aromatic heterocycles. The van der Waals surface area contributed by atoms with Gasteiger partial charge in [-0.15, -0.1) is 0 Å². The molecular formula is C15H22IN. The van der Waals surface area contributed by atoms with Crippen LogP contribution >= 0.6 is 22.6 Å². The van der Waals surface area contributed by atoms with Crippen molar-refractivity contribution < 1.29 is 0 Å². The van der Waals surface area contributed by atoms with E-state index in [2.05, 4.69) is 46.9 Å². The van der Waals surface area contributed by atoms with Crippen LogP contribution in [0.5, 0.6) is 0 Å². The van der Waals surface area contributed by atoms with Gasteiger partial charge in [-0.3, -0.25) is 0 Å². The Hall–Kier alpha value is -0.0900. The fraction of sp³-hybridized carbons (Fsp3) is 0.600. The molecule has 17 heavy (non-hydrogen) atoms. The van der Waals surface area contributed by atoms with Crippen molar-refractivity contribution in [3.8, 4) is 0 Å². The highest BCUT2D eigenvalue weighted by Gasteiger charge is 2.22. The van der Waals surface area contributed by atoms with Crippen molar-refractivity contribution in [1.82, 2.24) is 0 Å². The number of hydrogen-bond donors (Lipinski definition) is 1. The molecule has 0 bridgehead atoms. The third-order valence-electron chi connectivity index (χ3n) is 4.03. The van der Waals surface area contributed by atoms with Crippen LogP contribution in [0.15, 0.2) is 24.3 Å². The van der Waals surface area contributed by atoms with Crippen LogP contribution in [0.3, 0.4) is 0 Å². The van der Waals surface area contributed by atoms with Gasteiger partial charge < -0.3 is 5.73 Å². The summed E-state index contributed by atoms with van der Waals surface area (Å²) in [4.78, 5) is 0. The molecule has 0 aliphatic heterocycles. The van der Waals surface area contributed by atoms with Gasteiger partial charge in [0, 0.05) is 3.57 Å². The largest absolute Gasteiger partial charge is 0.330 e. The van der Waals surface area contributed by atoms with E-state index in [0.29, 0.717) is 0 Å². The Morgan fingerprint density at radius 2 is 1.65 bits per heavy atom. The number of hydrogen-bond acceptors (Lipinski definition) is 1. The average molecular weight is 343 g/mol. The topological polar surface area (TPSA) is 26.0 Å². The molecule has 1 aliphatic carbocycles. The second kappa shape index (κ2) is 6.74. The van der Waals surface area contributed by atoms with Crippen LogP contribution < -0.4 is 5.73 Å². The molecule has 1 aromatic carbocycles. The first kappa shape index (κ1) is 13.3. The number of benzene rings is 1. The summed E-state index contributed by atoms with van der Waals surface area (Å²) in [6.45, 7) is 0.870. The molecule has 0 saturated heterocycles. The quantitative estimate of drug-likeness (QED) is 0.652. The maximum Gasteiger partial charge on any atom is 0.0130 e. The molecule has 2 unspecified atom stereocenters. The molecule has 1 aromatic rings. The zero-order chi connectivity index (χ0) is 12.1. The van der Waals surface area contributed by atoms with Gasteiger partial charge in [-0.1, -0.05) is 31.4 Å². The van der Waals surface area contributed by atoms with E-state index >= 15 is 0 Å². The van der Waals surface area contributed by atoms with E-state index < -0.39 is 0 Å². The highest BCUT2D eigenvalue weighted by molar-refractivity contribution is 14.1. The number of halogens is 1. The summed E-state index contributed by atoms with van der Waals surface area (Å²) in [7, 11) is 0. The molecule has 0 spiro atoms. The van der Waals surface area contributed by atoms with E-state index in [0.717, 1.165) is 18.4 Å². The summed E-state index contributed by atoms with van der Waals surface area (Å²) in [5, 5.41) is 0. The highest BCUT2D eigenvalue weighted by atomic mass is 127. The van der Waals surface area contributed by atoms with Crippen LogP contribution in [0.25, 0.3) is 0 Å². The first-order chi connectivity index (χ1) is 8.29. The summed E-state index contributed by atoms with van der Waals surface area (Å²) in [5.41, 5.74) is 7.42. The van der Waals surface area contributed by atoms with Crippen LogP contribution in [-0.4, -0.2) is 6.54 Å². The molecule has 0 amide bonds. The lowest BCUT2D eigenvalue weighted by Gasteiger charge is -2.23. The van der Waals surface area contributed by atoms with Gasteiger partial charge in [-0.2, -0.15) is 0 Å². The molecule has 1 nitrogen and oxygen atoms in total. The molecular weight excluding hydrogens is 321 g/mol. The second-order valence-electron chi connectivity index (χ2n) is 5.22. The summed E-state index contributed by atoms with van der Waals surface area (Å²) in [5.74, 6) is 1.55. The van der Waals surface area contributed by atoms with E-state index in [1.807, 2.05) is 0 Å².